The van der Waals surface area contributed by atoms with E-state index in [1.807, 2.05) is 27.7 Å². The Balaban J connectivity index is 2.46. The van der Waals surface area contributed by atoms with E-state index < -0.39 is 0 Å². The van der Waals surface area contributed by atoms with Gasteiger partial charge in [0, 0.05) is 17.0 Å². The Kier molecular flexibility index (Phi) is 4.25. The third-order valence-electron chi connectivity index (χ3n) is 2.65. The number of nitrogen functional groups attached to an aromatic ring is 2. The Hall–Kier alpha value is -1.60. The lowest BCUT2D eigenvalue weighted by atomic mass is 9.96. The van der Waals surface area contributed by atoms with Gasteiger partial charge in [-0.1, -0.05) is 32.4 Å². The fraction of sp³-hybridized carbons (Fsp3) is 0.385. The molecule has 0 atom stereocenters. The standard InChI is InChI=1S/C13H17ClN6S/c1-6-9(14)19-11(13(2,3)4)20-10(6)21-12-17-7(15)5-8(16)18-12/h5H,1-4H3,(H4,15,16,17,18). The monoisotopic (exact) mass is 324 g/mol. The molecule has 0 aliphatic heterocycles. The van der Waals surface area contributed by atoms with Crippen molar-refractivity contribution in [3.63, 3.8) is 0 Å². The van der Waals surface area contributed by atoms with Crippen molar-refractivity contribution in [1.29, 1.82) is 0 Å². The van der Waals surface area contributed by atoms with Gasteiger partial charge in [0.15, 0.2) is 5.16 Å². The molecule has 0 amide bonds. The molecule has 0 aliphatic carbocycles. The maximum absolute atomic E-state index is 6.20. The van der Waals surface area contributed by atoms with Crippen molar-refractivity contribution in [2.45, 2.75) is 43.3 Å². The molecule has 2 rings (SSSR count). The third kappa shape index (κ3) is 3.74. The van der Waals surface area contributed by atoms with Crippen molar-refractivity contribution in [1.82, 2.24) is 19.9 Å². The van der Waals surface area contributed by atoms with Gasteiger partial charge >= 0.3 is 0 Å². The fourth-order valence-electron chi connectivity index (χ4n) is 1.50. The molecule has 0 aromatic carbocycles. The average Bonchev–Trinajstić information content (AvgIpc) is 2.32. The van der Waals surface area contributed by atoms with Gasteiger partial charge in [-0.3, -0.25) is 0 Å². The predicted molar refractivity (Wildman–Crippen MR) is 85.5 cm³/mol. The van der Waals surface area contributed by atoms with Gasteiger partial charge in [-0.05, 0) is 18.7 Å². The quantitative estimate of drug-likeness (QED) is 0.646. The molecule has 0 saturated heterocycles. The van der Waals surface area contributed by atoms with Crippen molar-refractivity contribution in [2.75, 3.05) is 11.5 Å². The van der Waals surface area contributed by atoms with Gasteiger partial charge in [-0.15, -0.1) is 0 Å². The zero-order valence-electron chi connectivity index (χ0n) is 12.3. The normalized spacial score (nSPS) is 11.7. The molecule has 0 bridgehead atoms. The molecule has 8 heteroatoms. The van der Waals surface area contributed by atoms with Crippen LogP contribution in [0.25, 0.3) is 0 Å². The third-order valence-corrected chi connectivity index (χ3v) is 3.97. The van der Waals surface area contributed by atoms with E-state index in [-0.39, 0.29) is 5.41 Å². The van der Waals surface area contributed by atoms with Crippen LogP contribution < -0.4 is 11.5 Å². The number of hydrogen-bond donors (Lipinski definition) is 2. The molecule has 0 unspecified atom stereocenters. The second-order valence-electron chi connectivity index (χ2n) is 5.62. The molecule has 112 valence electrons. The first-order valence-corrected chi connectivity index (χ1v) is 7.49. The maximum atomic E-state index is 6.20. The van der Waals surface area contributed by atoms with Crippen LogP contribution in [0.1, 0.15) is 32.2 Å². The van der Waals surface area contributed by atoms with Crippen LogP contribution in [-0.4, -0.2) is 19.9 Å². The van der Waals surface area contributed by atoms with Gasteiger partial charge in [-0.2, -0.15) is 0 Å². The van der Waals surface area contributed by atoms with E-state index in [1.165, 1.54) is 17.8 Å². The van der Waals surface area contributed by atoms with E-state index in [4.69, 9.17) is 23.1 Å². The molecule has 2 aromatic heterocycles. The minimum absolute atomic E-state index is 0.206. The number of hydrogen-bond acceptors (Lipinski definition) is 7. The topological polar surface area (TPSA) is 104 Å². The minimum Gasteiger partial charge on any atom is -0.383 e. The number of aromatic nitrogens is 4. The molecule has 2 aromatic rings. The Morgan fingerprint density at radius 1 is 1.05 bits per heavy atom. The predicted octanol–water partition coefficient (Wildman–Crippen LogP) is 2.84. The van der Waals surface area contributed by atoms with E-state index in [1.54, 1.807) is 0 Å². The highest BCUT2D eigenvalue weighted by Gasteiger charge is 2.21. The first-order chi connectivity index (χ1) is 9.66. The molecule has 0 fully saturated rings. The van der Waals surface area contributed by atoms with Crippen LogP contribution >= 0.6 is 23.4 Å². The molecule has 0 radical (unpaired) electrons. The lowest BCUT2D eigenvalue weighted by Gasteiger charge is -2.18. The van der Waals surface area contributed by atoms with Gasteiger partial charge in [0.05, 0.1) is 0 Å². The molecular formula is C13H17ClN6S. The average molecular weight is 325 g/mol. The summed E-state index contributed by atoms with van der Waals surface area (Å²) in [5.74, 6) is 1.30. The largest absolute Gasteiger partial charge is 0.383 e. The van der Waals surface area contributed by atoms with Crippen LogP contribution in [0.4, 0.5) is 11.6 Å². The summed E-state index contributed by atoms with van der Waals surface area (Å²) in [4.78, 5) is 17.2. The zero-order valence-corrected chi connectivity index (χ0v) is 13.9. The fourth-order valence-corrected chi connectivity index (χ4v) is 2.58. The summed E-state index contributed by atoms with van der Waals surface area (Å²) in [7, 11) is 0. The van der Waals surface area contributed by atoms with Crippen molar-refractivity contribution < 1.29 is 0 Å². The Bertz CT molecular complexity index is 663. The molecule has 0 spiro atoms. The van der Waals surface area contributed by atoms with E-state index in [0.29, 0.717) is 32.8 Å². The molecule has 2 heterocycles. The lowest BCUT2D eigenvalue weighted by Crippen LogP contribution is -2.17. The summed E-state index contributed by atoms with van der Waals surface area (Å²) in [5, 5.41) is 1.56. The van der Waals surface area contributed by atoms with Crippen LogP contribution in [0.5, 0.6) is 0 Å². The number of nitrogens with two attached hydrogens (primary N) is 2. The summed E-state index contributed by atoms with van der Waals surface area (Å²) >= 11 is 7.47. The van der Waals surface area contributed by atoms with E-state index in [9.17, 15) is 0 Å². The highest BCUT2D eigenvalue weighted by molar-refractivity contribution is 7.99. The van der Waals surface area contributed by atoms with Crippen LogP contribution in [0.15, 0.2) is 16.2 Å². The van der Waals surface area contributed by atoms with E-state index in [0.717, 1.165) is 5.56 Å². The van der Waals surface area contributed by atoms with Gasteiger partial charge in [0.2, 0.25) is 0 Å². The highest BCUT2D eigenvalue weighted by atomic mass is 35.5. The van der Waals surface area contributed by atoms with Gasteiger partial charge in [-0.25, -0.2) is 19.9 Å². The van der Waals surface area contributed by atoms with E-state index in [2.05, 4.69) is 19.9 Å². The first-order valence-electron chi connectivity index (χ1n) is 6.29. The van der Waals surface area contributed by atoms with Crippen LogP contribution in [0, 0.1) is 6.92 Å². The molecule has 21 heavy (non-hydrogen) atoms. The van der Waals surface area contributed by atoms with Crippen LogP contribution in [-0.2, 0) is 5.41 Å². The van der Waals surface area contributed by atoms with Crippen LogP contribution in [0.3, 0.4) is 0 Å². The number of rotatable bonds is 2. The summed E-state index contributed by atoms with van der Waals surface area (Å²) in [5.41, 5.74) is 11.9. The van der Waals surface area contributed by atoms with Crippen molar-refractivity contribution >= 4 is 35.0 Å². The van der Waals surface area contributed by atoms with Crippen molar-refractivity contribution in [3.05, 3.63) is 22.6 Å². The molecule has 0 saturated carbocycles. The molecular weight excluding hydrogens is 308 g/mol. The number of halogens is 1. The smallest absolute Gasteiger partial charge is 0.197 e. The molecule has 0 aliphatic rings. The molecule has 4 N–H and O–H groups in total. The highest BCUT2D eigenvalue weighted by Crippen LogP contribution is 2.32. The minimum atomic E-state index is -0.206. The second-order valence-corrected chi connectivity index (χ2v) is 6.93. The maximum Gasteiger partial charge on any atom is 0.197 e. The number of anilines is 2. The van der Waals surface area contributed by atoms with Gasteiger partial charge in [0.25, 0.3) is 0 Å². The van der Waals surface area contributed by atoms with Gasteiger partial charge in [0.1, 0.15) is 27.6 Å². The Labute approximate surface area is 132 Å². The lowest BCUT2D eigenvalue weighted by molar-refractivity contribution is 0.537. The van der Waals surface area contributed by atoms with E-state index >= 15 is 0 Å². The Morgan fingerprint density at radius 3 is 2.14 bits per heavy atom. The van der Waals surface area contributed by atoms with Gasteiger partial charge < -0.3 is 11.5 Å². The number of nitrogens with zero attached hydrogens (tertiary/aromatic N) is 4. The summed E-state index contributed by atoms with van der Waals surface area (Å²) in [6.07, 6.45) is 0. The SMILES string of the molecule is Cc1c(Cl)nc(C(C)(C)C)nc1Sc1nc(N)cc(N)n1. The summed E-state index contributed by atoms with van der Waals surface area (Å²) in [6.45, 7) is 7.93. The summed E-state index contributed by atoms with van der Waals surface area (Å²) < 4.78 is 0. The van der Waals surface area contributed by atoms with Crippen molar-refractivity contribution in [3.8, 4) is 0 Å². The van der Waals surface area contributed by atoms with Crippen molar-refractivity contribution in [2.24, 2.45) is 0 Å². The Morgan fingerprint density at radius 2 is 1.62 bits per heavy atom. The van der Waals surface area contributed by atoms with Crippen LogP contribution in [0.2, 0.25) is 5.15 Å². The second kappa shape index (κ2) is 5.65. The molecule has 6 nitrogen and oxygen atoms in total. The first kappa shape index (κ1) is 15.8. The zero-order chi connectivity index (χ0) is 15.8. The summed E-state index contributed by atoms with van der Waals surface area (Å²) in [6, 6.07) is 1.50.